The summed E-state index contributed by atoms with van der Waals surface area (Å²) < 4.78 is 5.10. The Bertz CT molecular complexity index is 739. The van der Waals surface area contributed by atoms with Crippen LogP contribution in [-0.4, -0.2) is 54.8 Å². The Morgan fingerprint density at radius 1 is 1.23 bits per heavy atom. The predicted octanol–water partition coefficient (Wildman–Crippen LogP) is 1.22. The van der Waals surface area contributed by atoms with Crippen molar-refractivity contribution in [2.24, 2.45) is 0 Å². The van der Waals surface area contributed by atoms with Crippen molar-refractivity contribution in [1.29, 1.82) is 0 Å². The molecule has 142 valence electrons. The number of nitrogens with one attached hydrogen (secondary N) is 2. The number of nitrogens with zero attached hydrogens (tertiary/aromatic N) is 1. The highest BCUT2D eigenvalue weighted by Crippen LogP contribution is 2.32. The van der Waals surface area contributed by atoms with Gasteiger partial charge < -0.3 is 20.3 Å². The third-order valence-corrected chi connectivity index (χ3v) is 5.08. The minimum absolute atomic E-state index is 0.0827. The summed E-state index contributed by atoms with van der Waals surface area (Å²) in [7, 11) is 1.48. The van der Waals surface area contributed by atoms with Gasteiger partial charge in [-0.05, 0) is 32.3 Å². The lowest BCUT2D eigenvalue weighted by Crippen LogP contribution is -2.40. The molecule has 1 saturated carbocycles. The number of carbonyl (C=O) groups is 4. The highest BCUT2D eigenvalue weighted by Gasteiger charge is 2.25. The predicted molar refractivity (Wildman–Crippen MR) is 97.2 cm³/mol. The van der Waals surface area contributed by atoms with Crippen LogP contribution in [0.2, 0.25) is 0 Å². The lowest BCUT2D eigenvalue weighted by atomic mass is 10.1. The molecule has 0 bridgehead atoms. The van der Waals surface area contributed by atoms with E-state index in [1.807, 2.05) is 6.92 Å². The molecule has 0 radical (unpaired) electrons. The van der Waals surface area contributed by atoms with Crippen LogP contribution < -0.4 is 10.6 Å². The maximum Gasteiger partial charge on any atom is 0.341 e. The van der Waals surface area contributed by atoms with E-state index in [4.69, 9.17) is 4.74 Å². The highest BCUT2D eigenvalue weighted by molar-refractivity contribution is 7.16. The number of likely N-dealkylation sites (N-methyl/N-ethyl adjacent to an activating group) is 1. The van der Waals surface area contributed by atoms with Gasteiger partial charge in [0.1, 0.15) is 5.00 Å². The fourth-order valence-corrected chi connectivity index (χ4v) is 3.33. The number of rotatable bonds is 7. The molecule has 0 aliphatic heterocycles. The number of esters is 1. The third kappa shape index (κ3) is 5.29. The van der Waals surface area contributed by atoms with Crippen LogP contribution in [0.25, 0.3) is 0 Å². The number of hydrogen-bond acceptors (Lipinski definition) is 6. The molecule has 1 aliphatic carbocycles. The lowest BCUT2D eigenvalue weighted by Gasteiger charge is -2.16. The van der Waals surface area contributed by atoms with Crippen molar-refractivity contribution < 1.29 is 23.9 Å². The van der Waals surface area contributed by atoms with E-state index in [0.29, 0.717) is 10.6 Å². The topological polar surface area (TPSA) is 105 Å². The van der Waals surface area contributed by atoms with Gasteiger partial charge in [-0.2, -0.15) is 0 Å². The molecular weight excluding hydrogens is 358 g/mol. The van der Waals surface area contributed by atoms with Gasteiger partial charge >= 0.3 is 5.97 Å². The zero-order chi connectivity index (χ0) is 19.4. The third-order valence-electron chi connectivity index (χ3n) is 3.95. The van der Waals surface area contributed by atoms with Crippen LogP contribution >= 0.6 is 11.3 Å². The zero-order valence-electron chi connectivity index (χ0n) is 15.3. The first kappa shape index (κ1) is 19.9. The summed E-state index contributed by atoms with van der Waals surface area (Å²) in [4.78, 5) is 49.5. The largest absolute Gasteiger partial charge is 0.452 e. The van der Waals surface area contributed by atoms with Crippen molar-refractivity contribution in [3.05, 3.63) is 16.0 Å². The summed E-state index contributed by atoms with van der Waals surface area (Å²) in [5, 5.41) is 5.80. The SMILES string of the molecule is CC(=O)Nc1sc(C)c(C)c1C(=O)OCC(=O)N(C)CC(=O)NC1CC1. The molecule has 0 unspecified atom stereocenters. The van der Waals surface area contributed by atoms with Gasteiger partial charge in [0.15, 0.2) is 6.61 Å². The van der Waals surface area contributed by atoms with Crippen molar-refractivity contribution in [2.45, 2.75) is 39.7 Å². The van der Waals surface area contributed by atoms with Gasteiger partial charge in [0.05, 0.1) is 12.1 Å². The molecule has 9 heteroatoms. The quantitative estimate of drug-likeness (QED) is 0.691. The van der Waals surface area contributed by atoms with E-state index in [2.05, 4.69) is 10.6 Å². The van der Waals surface area contributed by atoms with E-state index in [1.54, 1.807) is 6.92 Å². The van der Waals surface area contributed by atoms with Gasteiger partial charge in [-0.15, -0.1) is 11.3 Å². The van der Waals surface area contributed by atoms with Crippen molar-refractivity contribution in [1.82, 2.24) is 10.2 Å². The van der Waals surface area contributed by atoms with Crippen LogP contribution in [0.15, 0.2) is 0 Å². The Labute approximate surface area is 155 Å². The monoisotopic (exact) mass is 381 g/mol. The average molecular weight is 381 g/mol. The number of thiophene rings is 1. The summed E-state index contributed by atoms with van der Waals surface area (Å²) in [5.41, 5.74) is 0.956. The Hall–Kier alpha value is -2.42. The number of aryl methyl sites for hydroxylation is 1. The second-order valence-corrected chi connectivity index (χ2v) is 7.56. The average Bonchev–Trinajstić information content (AvgIpc) is 3.30. The first-order chi connectivity index (χ1) is 12.2. The van der Waals surface area contributed by atoms with Crippen LogP contribution in [-0.2, 0) is 19.1 Å². The summed E-state index contributed by atoms with van der Waals surface area (Å²) in [6.45, 7) is 4.38. The summed E-state index contributed by atoms with van der Waals surface area (Å²) in [6, 6.07) is 0.223. The molecule has 26 heavy (non-hydrogen) atoms. The van der Waals surface area contributed by atoms with E-state index < -0.39 is 18.5 Å². The van der Waals surface area contributed by atoms with Gasteiger partial charge in [-0.1, -0.05) is 0 Å². The molecule has 0 atom stereocenters. The number of carbonyl (C=O) groups excluding carboxylic acids is 4. The molecule has 1 aromatic heterocycles. The van der Waals surface area contributed by atoms with Crippen LogP contribution in [0, 0.1) is 13.8 Å². The van der Waals surface area contributed by atoms with Gasteiger partial charge in [-0.3, -0.25) is 14.4 Å². The first-order valence-electron chi connectivity index (χ1n) is 8.27. The molecule has 1 aromatic rings. The number of hydrogen-bond donors (Lipinski definition) is 2. The Balaban J connectivity index is 1.92. The van der Waals surface area contributed by atoms with Gasteiger partial charge in [-0.25, -0.2) is 4.79 Å². The lowest BCUT2D eigenvalue weighted by molar-refractivity contribution is -0.137. The fourth-order valence-electron chi connectivity index (χ4n) is 2.23. The van der Waals surface area contributed by atoms with E-state index >= 15 is 0 Å². The fraction of sp³-hybridized carbons (Fsp3) is 0.529. The van der Waals surface area contributed by atoms with Crippen molar-refractivity contribution in [3.8, 4) is 0 Å². The number of anilines is 1. The molecule has 1 heterocycles. The maximum absolute atomic E-state index is 12.4. The van der Waals surface area contributed by atoms with Gasteiger partial charge in [0.25, 0.3) is 5.91 Å². The standard InChI is InChI=1S/C17H23N3O5S/c1-9-10(2)26-16(18-11(3)21)15(9)17(24)25-8-14(23)20(4)7-13(22)19-12-5-6-12/h12H,5-8H2,1-4H3,(H,18,21)(H,19,22). The molecule has 0 aromatic carbocycles. The van der Waals surface area contributed by atoms with Crippen molar-refractivity contribution in [2.75, 3.05) is 25.5 Å². The maximum atomic E-state index is 12.4. The van der Waals surface area contributed by atoms with Crippen LogP contribution in [0.3, 0.4) is 0 Å². The van der Waals surface area contributed by atoms with Crippen molar-refractivity contribution >= 4 is 40.0 Å². The normalized spacial score (nSPS) is 13.1. The van der Waals surface area contributed by atoms with Crippen LogP contribution in [0.5, 0.6) is 0 Å². The Kier molecular flexibility index (Phi) is 6.36. The van der Waals surface area contributed by atoms with Gasteiger partial charge in [0.2, 0.25) is 11.8 Å². The molecule has 2 N–H and O–H groups in total. The summed E-state index contributed by atoms with van der Waals surface area (Å²) >= 11 is 1.28. The Morgan fingerprint density at radius 3 is 2.46 bits per heavy atom. The molecular formula is C17H23N3O5S. The minimum atomic E-state index is -0.681. The molecule has 2 rings (SSSR count). The molecule has 1 fully saturated rings. The van der Waals surface area contributed by atoms with E-state index in [0.717, 1.165) is 17.7 Å². The second kappa shape index (κ2) is 8.31. The second-order valence-electron chi connectivity index (χ2n) is 6.34. The van der Waals surface area contributed by atoms with Crippen molar-refractivity contribution in [3.63, 3.8) is 0 Å². The molecule has 0 saturated heterocycles. The zero-order valence-corrected chi connectivity index (χ0v) is 16.1. The molecule has 3 amide bonds. The molecule has 8 nitrogen and oxygen atoms in total. The highest BCUT2D eigenvalue weighted by atomic mass is 32.1. The number of amides is 3. The summed E-state index contributed by atoms with van der Waals surface area (Å²) in [5.74, 6) is -1.68. The number of ether oxygens (including phenoxy) is 1. The van der Waals surface area contributed by atoms with Crippen LogP contribution in [0.1, 0.15) is 40.6 Å². The van der Waals surface area contributed by atoms with E-state index in [9.17, 15) is 19.2 Å². The van der Waals surface area contributed by atoms with Crippen LogP contribution in [0.4, 0.5) is 5.00 Å². The minimum Gasteiger partial charge on any atom is -0.452 e. The van der Waals surface area contributed by atoms with E-state index in [1.165, 1.54) is 30.2 Å². The molecule has 1 aliphatic rings. The summed E-state index contributed by atoms with van der Waals surface area (Å²) in [6.07, 6.45) is 1.94. The van der Waals surface area contributed by atoms with Gasteiger partial charge in [0, 0.05) is 24.9 Å². The Morgan fingerprint density at radius 2 is 1.88 bits per heavy atom. The van der Waals surface area contributed by atoms with E-state index in [-0.39, 0.29) is 30.0 Å². The first-order valence-corrected chi connectivity index (χ1v) is 9.08. The smallest absolute Gasteiger partial charge is 0.341 e. The molecule has 0 spiro atoms.